The van der Waals surface area contributed by atoms with Gasteiger partial charge in [-0.1, -0.05) is 18.2 Å². The van der Waals surface area contributed by atoms with Gasteiger partial charge in [0.05, 0.1) is 18.4 Å². The van der Waals surface area contributed by atoms with E-state index in [1.54, 1.807) is 36.4 Å². The van der Waals surface area contributed by atoms with Crippen LogP contribution < -0.4 is 9.88 Å². The van der Waals surface area contributed by atoms with Crippen LogP contribution in [0.4, 0.5) is 13.2 Å². The minimum atomic E-state index is -4.85. The molecule has 4 aromatic rings. The highest BCUT2D eigenvalue weighted by atomic mass is 32.2. The fourth-order valence-electron chi connectivity index (χ4n) is 3.38. The maximum Gasteiger partial charge on any atom is 0.418 e. The van der Waals surface area contributed by atoms with Gasteiger partial charge in [0.1, 0.15) is 10.6 Å². The molecule has 0 aliphatic heterocycles. The van der Waals surface area contributed by atoms with Gasteiger partial charge >= 0.3 is 6.18 Å². The van der Waals surface area contributed by atoms with E-state index in [2.05, 4.69) is 5.10 Å². The fourth-order valence-corrected chi connectivity index (χ4v) is 4.14. The summed E-state index contributed by atoms with van der Waals surface area (Å²) in [4.78, 5) is -0.671. The van der Waals surface area contributed by atoms with Crippen molar-refractivity contribution in [1.82, 2.24) is 9.78 Å². The molecule has 6 nitrogen and oxygen atoms in total. The Morgan fingerprint density at radius 2 is 1.71 bits per heavy atom. The largest absolute Gasteiger partial charge is 0.497 e. The van der Waals surface area contributed by atoms with Crippen molar-refractivity contribution in [2.75, 3.05) is 7.11 Å². The summed E-state index contributed by atoms with van der Waals surface area (Å²) in [6.07, 6.45) is -2.37. The number of methoxy groups -OCH3 is 1. The van der Waals surface area contributed by atoms with E-state index in [9.17, 15) is 21.6 Å². The first-order chi connectivity index (χ1) is 14.6. The Hall–Kier alpha value is -3.37. The summed E-state index contributed by atoms with van der Waals surface area (Å²) in [6.45, 7) is 0. The first-order valence-electron chi connectivity index (χ1n) is 8.94. The van der Waals surface area contributed by atoms with E-state index in [1.165, 1.54) is 25.6 Å². The molecule has 0 atom stereocenters. The lowest BCUT2D eigenvalue weighted by atomic mass is 9.98. The quantitative estimate of drug-likeness (QED) is 0.503. The Balaban J connectivity index is 2.01. The fraction of sp³-hybridized carbons (Fsp3) is 0.0952. The van der Waals surface area contributed by atoms with Gasteiger partial charge in [0.25, 0.3) is 0 Å². The average molecular weight is 447 g/mol. The molecule has 1 heterocycles. The van der Waals surface area contributed by atoms with Gasteiger partial charge in [-0.2, -0.15) is 18.3 Å². The predicted octanol–water partition coefficient (Wildman–Crippen LogP) is 4.37. The molecular formula is C21H16F3N3O3S. The van der Waals surface area contributed by atoms with E-state index in [-0.39, 0.29) is 5.56 Å². The topological polar surface area (TPSA) is 87.2 Å². The van der Waals surface area contributed by atoms with Crippen LogP contribution in [-0.2, 0) is 16.2 Å². The zero-order valence-corrected chi connectivity index (χ0v) is 16.9. The van der Waals surface area contributed by atoms with E-state index in [1.807, 2.05) is 0 Å². The van der Waals surface area contributed by atoms with Gasteiger partial charge in [-0.3, -0.25) is 0 Å². The molecule has 0 radical (unpaired) electrons. The minimum absolute atomic E-state index is 0.0602. The van der Waals surface area contributed by atoms with Gasteiger partial charge in [-0.25, -0.2) is 18.2 Å². The summed E-state index contributed by atoms with van der Waals surface area (Å²) >= 11 is 0. The molecule has 3 aromatic carbocycles. The van der Waals surface area contributed by atoms with Crippen LogP contribution in [-0.4, -0.2) is 25.3 Å². The molecule has 0 fully saturated rings. The third-order valence-electron chi connectivity index (χ3n) is 4.80. The second kappa shape index (κ2) is 7.40. The molecule has 0 spiro atoms. The number of fused-ring (bicyclic) bond motifs is 1. The molecule has 0 aliphatic carbocycles. The van der Waals surface area contributed by atoms with Crippen LogP contribution in [0.5, 0.6) is 5.75 Å². The monoisotopic (exact) mass is 447 g/mol. The maximum absolute atomic E-state index is 13.9. The normalized spacial score (nSPS) is 12.3. The average Bonchev–Trinajstić information content (AvgIpc) is 3.25. The molecule has 160 valence electrons. The van der Waals surface area contributed by atoms with Crippen molar-refractivity contribution in [2.45, 2.75) is 11.1 Å². The zero-order valence-electron chi connectivity index (χ0n) is 16.1. The van der Waals surface area contributed by atoms with Crippen LogP contribution in [0.15, 0.2) is 71.9 Å². The Morgan fingerprint density at radius 3 is 2.32 bits per heavy atom. The first kappa shape index (κ1) is 20.9. The standard InChI is InChI=1S/C21H16F3N3O3S/c1-30-17-6-5-13-9-14(3-4-15(13)10-17)16-11-18(21(22,23)24)20(27-8-2-7-26-27)19(12-16)31(25,28)29/h2-12H,1H3,(H2,25,28,29). The SMILES string of the molecule is COc1ccc2cc(-c3cc(C(F)(F)F)c(-n4cccn4)c(S(N)(=O)=O)c3)ccc2c1. The van der Waals surface area contributed by atoms with E-state index in [0.29, 0.717) is 11.3 Å². The van der Waals surface area contributed by atoms with Crippen LogP contribution >= 0.6 is 0 Å². The molecule has 4 rings (SSSR count). The highest BCUT2D eigenvalue weighted by Crippen LogP contribution is 2.40. The van der Waals surface area contributed by atoms with Crippen molar-refractivity contribution in [2.24, 2.45) is 5.14 Å². The number of sulfonamides is 1. The number of nitrogens with two attached hydrogens (primary N) is 1. The number of halogens is 3. The van der Waals surface area contributed by atoms with E-state index in [0.717, 1.165) is 27.6 Å². The molecule has 10 heteroatoms. The first-order valence-corrected chi connectivity index (χ1v) is 10.5. The number of alkyl halides is 3. The number of primary sulfonamides is 1. The van der Waals surface area contributed by atoms with Crippen LogP contribution in [0.25, 0.3) is 27.6 Å². The lowest BCUT2D eigenvalue weighted by Crippen LogP contribution is -2.20. The number of nitrogens with zero attached hydrogens (tertiary/aromatic N) is 2. The van der Waals surface area contributed by atoms with Crippen molar-refractivity contribution in [1.29, 1.82) is 0 Å². The molecule has 0 aliphatic rings. The number of hydrogen-bond acceptors (Lipinski definition) is 4. The summed E-state index contributed by atoms with van der Waals surface area (Å²) in [5.41, 5.74) is -1.34. The summed E-state index contributed by atoms with van der Waals surface area (Å²) in [7, 11) is -2.97. The Morgan fingerprint density at radius 1 is 1.00 bits per heavy atom. The van der Waals surface area contributed by atoms with Crippen molar-refractivity contribution in [3.05, 3.63) is 72.6 Å². The number of benzene rings is 3. The Labute approximate surface area is 175 Å². The molecule has 2 N–H and O–H groups in total. The number of ether oxygens (including phenoxy) is 1. The lowest BCUT2D eigenvalue weighted by Gasteiger charge is -2.18. The van der Waals surface area contributed by atoms with Crippen LogP contribution in [0.3, 0.4) is 0 Å². The van der Waals surface area contributed by atoms with Crippen molar-refractivity contribution >= 4 is 20.8 Å². The van der Waals surface area contributed by atoms with Gasteiger partial charge in [-0.05, 0) is 58.3 Å². The Bertz CT molecular complexity index is 1380. The van der Waals surface area contributed by atoms with E-state index in [4.69, 9.17) is 9.88 Å². The molecule has 0 unspecified atom stereocenters. The van der Waals surface area contributed by atoms with Crippen molar-refractivity contribution < 1.29 is 26.3 Å². The molecule has 0 bridgehead atoms. The maximum atomic E-state index is 13.9. The summed E-state index contributed by atoms with van der Waals surface area (Å²) in [6, 6.07) is 13.7. The molecule has 0 saturated heterocycles. The number of aromatic nitrogens is 2. The summed E-state index contributed by atoms with van der Waals surface area (Å²) < 4.78 is 72.4. The summed E-state index contributed by atoms with van der Waals surface area (Å²) in [5.74, 6) is 0.639. The second-order valence-corrected chi connectivity index (χ2v) is 8.32. The van der Waals surface area contributed by atoms with E-state index < -0.39 is 32.3 Å². The van der Waals surface area contributed by atoms with Crippen LogP contribution in [0.2, 0.25) is 0 Å². The smallest absolute Gasteiger partial charge is 0.418 e. The van der Waals surface area contributed by atoms with Gasteiger partial charge in [-0.15, -0.1) is 0 Å². The number of rotatable bonds is 4. The molecule has 31 heavy (non-hydrogen) atoms. The lowest BCUT2D eigenvalue weighted by molar-refractivity contribution is -0.137. The van der Waals surface area contributed by atoms with Crippen LogP contribution in [0, 0.1) is 0 Å². The second-order valence-electron chi connectivity index (χ2n) is 6.79. The Kier molecular flexibility index (Phi) is 4.98. The molecular weight excluding hydrogens is 431 g/mol. The molecule has 0 amide bonds. The molecule has 0 saturated carbocycles. The highest BCUT2D eigenvalue weighted by Gasteiger charge is 2.38. The third-order valence-corrected chi connectivity index (χ3v) is 5.73. The van der Waals surface area contributed by atoms with Crippen LogP contribution in [0.1, 0.15) is 5.56 Å². The van der Waals surface area contributed by atoms with Gasteiger partial charge < -0.3 is 4.74 Å². The van der Waals surface area contributed by atoms with E-state index >= 15 is 0 Å². The summed E-state index contributed by atoms with van der Waals surface area (Å²) in [5, 5.41) is 10.6. The van der Waals surface area contributed by atoms with Crippen molar-refractivity contribution in [3.63, 3.8) is 0 Å². The minimum Gasteiger partial charge on any atom is -0.497 e. The van der Waals surface area contributed by atoms with Gasteiger partial charge in [0.15, 0.2) is 0 Å². The zero-order chi connectivity index (χ0) is 22.4. The van der Waals surface area contributed by atoms with Gasteiger partial charge in [0.2, 0.25) is 10.0 Å². The van der Waals surface area contributed by atoms with Gasteiger partial charge in [0, 0.05) is 12.4 Å². The third kappa shape index (κ3) is 3.99. The number of hydrogen-bond donors (Lipinski definition) is 1. The van der Waals surface area contributed by atoms with Crippen molar-refractivity contribution in [3.8, 4) is 22.6 Å². The molecule has 1 aromatic heterocycles. The highest BCUT2D eigenvalue weighted by molar-refractivity contribution is 7.89. The predicted molar refractivity (Wildman–Crippen MR) is 109 cm³/mol.